The Kier molecular flexibility index (Phi) is 3.67. The summed E-state index contributed by atoms with van der Waals surface area (Å²) in [6, 6.07) is 9.00. The van der Waals surface area contributed by atoms with Crippen molar-refractivity contribution in [3.63, 3.8) is 0 Å². The molecule has 0 heterocycles. The number of hydrogen-bond donors (Lipinski definition) is 1. The highest BCUT2D eigenvalue weighted by Crippen LogP contribution is 2.05. The van der Waals surface area contributed by atoms with Gasteiger partial charge in [-0.15, -0.1) is 0 Å². The lowest BCUT2D eigenvalue weighted by atomic mass is 10.2. The molecule has 0 atom stereocenters. The normalized spacial score (nSPS) is 9.43. The Morgan fingerprint density at radius 1 is 1.14 bits per heavy atom. The highest BCUT2D eigenvalue weighted by atomic mass is 16.2. The number of carbonyl (C=O) groups excluding carboxylic acids is 2. The Morgan fingerprint density at radius 3 is 2.36 bits per heavy atom. The van der Waals surface area contributed by atoms with Crippen molar-refractivity contribution in [2.45, 2.75) is 12.8 Å². The van der Waals surface area contributed by atoms with Gasteiger partial charge < -0.3 is 5.32 Å². The van der Waals surface area contributed by atoms with E-state index in [1.54, 1.807) is 12.1 Å². The number of hydrogen-bond acceptors (Lipinski definition) is 2. The maximum atomic E-state index is 11.2. The van der Waals surface area contributed by atoms with Gasteiger partial charge in [0.25, 0.3) is 0 Å². The molecule has 14 heavy (non-hydrogen) atoms. The van der Waals surface area contributed by atoms with Crippen molar-refractivity contribution in [3.8, 4) is 0 Å². The SMILES string of the molecule is [NH]C(=O)CCC(=O)Nc1ccccc1. The number of amides is 2. The second-order valence-corrected chi connectivity index (χ2v) is 2.84. The molecule has 0 aliphatic heterocycles. The monoisotopic (exact) mass is 191 g/mol. The van der Waals surface area contributed by atoms with Gasteiger partial charge in [-0.05, 0) is 12.1 Å². The molecular formula is C10H11N2O2. The third-order valence-corrected chi connectivity index (χ3v) is 1.64. The molecular weight excluding hydrogens is 180 g/mol. The molecule has 0 aliphatic carbocycles. The Bertz CT molecular complexity index is 322. The molecule has 1 radical (unpaired) electrons. The minimum atomic E-state index is -0.715. The second kappa shape index (κ2) is 5.01. The van der Waals surface area contributed by atoms with E-state index in [4.69, 9.17) is 5.73 Å². The van der Waals surface area contributed by atoms with Crippen LogP contribution in [0.4, 0.5) is 5.69 Å². The number of benzene rings is 1. The predicted molar refractivity (Wildman–Crippen MR) is 52.4 cm³/mol. The van der Waals surface area contributed by atoms with Crippen molar-refractivity contribution in [2.24, 2.45) is 0 Å². The van der Waals surface area contributed by atoms with E-state index in [9.17, 15) is 9.59 Å². The summed E-state index contributed by atoms with van der Waals surface area (Å²) in [4.78, 5) is 21.5. The molecule has 0 unspecified atom stereocenters. The quantitative estimate of drug-likeness (QED) is 0.777. The molecule has 0 bridgehead atoms. The molecule has 4 nitrogen and oxygen atoms in total. The van der Waals surface area contributed by atoms with Crippen molar-refractivity contribution in [2.75, 3.05) is 5.32 Å². The van der Waals surface area contributed by atoms with Crippen molar-refractivity contribution >= 4 is 17.5 Å². The van der Waals surface area contributed by atoms with E-state index in [0.717, 1.165) is 0 Å². The van der Waals surface area contributed by atoms with E-state index < -0.39 is 5.91 Å². The number of carbonyl (C=O) groups is 2. The van der Waals surface area contributed by atoms with Crippen LogP contribution in [0.1, 0.15) is 12.8 Å². The zero-order valence-electron chi connectivity index (χ0n) is 7.62. The average Bonchev–Trinajstić information content (AvgIpc) is 2.16. The molecule has 2 amide bonds. The summed E-state index contributed by atoms with van der Waals surface area (Å²) in [5.74, 6) is -0.954. The maximum Gasteiger partial charge on any atom is 0.238 e. The van der Waals surface area contributed by atoms with Gasteiger partial charge in [0.2, 0.25) is 11.8 Å². The van der Waals surface area contributed by atoms with Gasteiger partial charge in [-0.2, -0.15) is 0 Å². The van der Waals surface area contributed by atoms with E-state index in [0.29, 0.717) is 5.69 Å². The number of nitrogens with one attached hydrogen (secondary N) is 2. The van der Waals surface area contributed by atoms with Crippen LogP contribution in [0.3, 0.4) is 0 Å². The highest BCUT2D eigenvalue weighted by Gasteiger charge is 2.04. The second-order valence-electron chi connectivity index (χ2n) is 2.84. The lowest BCUT2D eigenvalue weighted by molar-refractivity contribution is -0.122. The number of anilines is 1. The molecule has 4 heteroatoms. The Morgan fingerprint density at radius 2 is 1.79 bits per heavy atom. The number of para-hydroxylation sites is 1. The third-order valence-electron chi connectivity index (χ3n) is 1.64. The summed E-state index contributed by atoms with van der Waals surface area (Å²) in [6.07, 6.45) is 0.0376. The fourth-order valence-electron chi connectivity index (χ4n) is 0.972. The first-order valence-corrected chi connectivity index (χ1v) is 4.28. The van der Waals surface area contributed by atoms with Gasteiger partial charge in [-0.1, -0.05) is 18.2 Å². The summed E-state index contributed by atoms with van der Waals surface area (Å²) in [7, 11) is 0. The molecule has 0 aromatic heterocycles. The minimum Gasteiger partial charge on any atom is -0.326 e. The van der Waals surface area contributed by atoms with Gasteiger partial charge in [-0.25, -0.2) is 0 Å². The lowest BCUT2D eigenvalue weighted by Gasteiger charge is -2.02. The van der Waals surface area contributed by atoms with E-state index >= 15 is 0 Å². The smallest absolute Gasteiger partial charge is 0.238 e. The van der Waals surface area contributed by atoms with Crippen LogP contribution >= 0.6 is 0 Å². The highest BCUT2D eigenvalue weighted by molar-refractivity contribution is 5.92. The van der Waals surface area contributed by atoms with E-state index in [1.807, 2.05) is 18.2 Å². The first kappa shape index (κ1) is 10.2. The first-order valence-electron chi connectivity index (χ1n) is 4.28. The van der Waals surface area contributed by atoms with Crippen molar-refractivity contribution in [3.05, 3.63) is 30.3 Å². The molecule has 0 spiro atoms. The van der Waals surface area contributed by atoms with Gasteiger partial charge in [0.1, 0.15) is 0 Å². The molecule has 1 aromatic carbocycles. The van der Waals surface area contributed by atoms with Crippen LogP contribution in [0, 0.1) is 0 Å². The average molecular weight is 191 g/mol. The maximum absolute atomic E-state index is 11.2. The third kappa shape index (κ3) is 3.71. The van der Waals surface area contributed by atoms with Crippen LogP contribution in [0.2, 0.25) is 0 Å². The van der Waals surface area contributed by atoms with Crippen molar-refractivity contribution in [1.82, 2.24) is 5.73 Å². The molecule has 73 valence electrons. The topological polar surface area (TPSA) is 70.0 Å². The fraction of sp³-hybridized carbons (Fsp3) is 0.200. The standard InChI is InChI=1S/C10H11N2O2/c11-9(13)6-7-10(14)12-8-4-2-1-3-5-8/h1-5,11H,6-7H2,(H,12,14). The van der Waals surface area contributed by atoms with Crippen LogP contribution in [0.25, 0.3) is 0 Å². The van der Waals surface area contributed by atoms with Gasteiger partial charge >= 0.3 is 0 Å². The zero-order chi connectivity index (χ0) is 10.4. The van der Waals surface area contributed by atoms with Crippen LogP contribution in [-0.4, -0.2) is 11.8 Å². The summed E-state index contributed by atoms with van der Waals surface area (Å²) in [6.45, 7) is 0. The molecule has 0 fully saturated rings. The molecule has 0 saturated carbocycles. The fourth-order valence-corrected chi connectivity index (χ4v) is 0.972. The van der Waals surface area contributed by atoms with Crippen molar-refractivity contribution < 1.29 is 9.59 Å². The van der Waals surface area contributed by atoms with Gasteiger partial charge in [-0.3, -0.25) is 15.3 Å². The lowest BCUT2D eigenvalue weighted by Crippen LogP contribution is -2.13. The first-order chi connectivity index (χ1) is 6.68. The Balaban J connectivity index is 2.38. The molecule has 0 aliphatic rings. The number of rotatable bonds is 4. The molecule has 2 N–H and O–H groups in total. The van der Waals surface area contributed by atoms with Crippen LogP contribution in [0.15, 0.2) is 30.3 Å². The zero-order valence-corrected chi connectivity index (χ0v) is 7.62. The van der Waals surface area contributed by atoms with Crippen LogP contribution in [0.5, 0.6) is 0 Å². The van der Waals surface area contributed by atoms with Crippen molar-refractivity contribution in [1.29, 1.82) is 0 Å². The van der Waals surface area contributed by atoms with E-state index in [2.05, 4.69) is 5.32 Å². The summed E-state index contributed by atoms with van der Waals surface area (Å²) in [5.41, 5.74) is 7.34. The predicted octanol–water partition coefficient (Wildman–Crippen LogP) is 1.21. The van der Waals surface area contributed by atoms with E-state index in [-0.39, 0.29) is 18.7 Å². The Hall–Kier alpha value is -1.84. The van der Waals surface area contributed by atoms with E-state index in [1.165, 1.54) is 0 Å². The van der Waals surface area contributed by atoms with Gasteiger partial charge in [0.15, 0.2) is 0 Å². The summed E-state index contributed by atoms with van der Waals surface area (Å²) >= 11 is 0. The van der Waals surface area contributed by atoms with Crippen LogP contribution in [-0.2, 0) is 9.59 Å². The summed E-state index contributed by atoms with van der Waals surface area (Å²) in [5, 5.41) is 2.62. The van der Waals surface area contributed by atoms with Gasteiger partial charge in [0.05, 0.1) is 0 Å². The Labute approximate surface area is 82.1 Å². The molecule has 1 aromatic rings. The van der Waals surface area contributed by atoms with Crippen LogP contribution < -0.4 is 11.1 Å². The molecule has 1 rings (SSSR count). The largest absolute Gasteiger partial charge is 0.326 e. The minimum absolute atomic E-state index is 0.0291. The summed E-state index contributed by atoms with van der Waals surface area (Å²) < 4.78 is 0. The van der Waals surface area contributed by atoms with Gasteiger partial charge in [0, 0.05) is 18.5 Å². The molecule has 0 saturated heterocycles.